The summed E-state index contributed by atoms with van der Waals surface area (Å²) in [6, 6.07) is 30.3. The minimum atomic E-state index is -1.17. The van der Waals surface area contributed by atoms with Crippen LogP contribution in [0.25, 0.3) is 22.4 Å². The van der Waals surface area contributed by atoms with Gasteiger partial charge in [0.15, 0.2) is 0 Å². The molecule has 30 heavy (non-hydrogen) atoms. The van der Waals surface area contributed by atoms with Crippen molar-refractivity contribution >= 4 is 17.5 Å². The normalized spacial score (nSPS) is 10.2. The van der Waals surface area contributed by atoms with Crippen molar-refractivity contribution < 1.29 is 9.90 Å². The average Bonchev–Trinajstić information content (AvgIpc) is 2.80. The molecule has 0 fully saturated rings. The van der Waals surface area contributed by atoms with Gasteiger partial charge in [0.05, 0.1) is 11.3 Å². The van der Waals surface area contributed by atoms with E-state index in [1.165, 1.54) is 6.07 Å². The minimum Gasteiger partial charge on any atom is -0.478 e. The zero-order valence-electron chi connectivity index (χ0n) is 15.9. The van der Waals surface area contributed by atoms with Crippen LogP contribution in [0.2, 0.25) is 0 Å². The lowest BCUT2D eigenvalue weighted by molar-refractivity contribution is 0.0696. The van der Waals surface area contributed by atoms with Crippen LogP contribution >= 0.6 is 0 Å². The molecule has 0 saturated heterocycles. The monoisotopic (exact) mass is 391 g/mol. The Morgan fingerprint density at radius 3 is 2.00 bits per heavy atom. The average molecular weight is 391 g/mol. The topological polar surface area (TPSA) is 86.0 Å². The van der Waals surface area contributed by atoms with Gasteiger partial charge in [-0.05, 0) is 29.3 Å². The summed E-state index contributed by atoms with van der Waals surface area (Å²) in [5.74, 6) is -0.960. The number of aromatic nitrogens is 1. The Labute approximate surface area is 173 Å². The molecule has 0 bridgehead atoms. The summed E-state index contributed by atoms with van der Waals surface area (Å²) in [7, 11) is 0. The Hall–Kier alpha value is -4.43. The molecular weight excluding hydrogens is 374 g/mol. The number of nitrogens with one attached hydrogen (secondary N) is 1. The number of hydrogen-bond acceptors (Lipinski definition) is 4. The van der Waals surface area contributed by atoms with Gasteiger partial charge in [-0.15, -0.1) is 0 Å². The maximum absolute atomic E-state index is 11.8. The van der Waals surface area contributed by atoms with E-state index < -0.39 is 5.97 Å². The van der Waals surface area contributed by atoms with E-state index in [0.717, 1.165) is 22.4 Å². The van der Waals surface area contributed by atoms with Crippen LogP contribution in [0.4, 0.5) is 11.5 Å². The summed E-state index contributed by atoms with van der Waals surface area (Å²) in [4.78, 5) is 16.4. The predicted octanol–water partition coefficient (Wildman–Crippen LogP) is 5.73. The Morgan fingerprint density at radius 2 is 1.40 bits per heavy atom. The van der Waals surface area contributed by atoms with Gasteiger partial charge in [0, 0.05) is 11.3 Å². The van der Waals surface area contributed by atoms with Gasteiger partial charge in [0.2, 0.25) is 0 Å². The summed E-state index contributed by atoms with van der Waals surface area (Å²) in [6.07, 6.45) is 0. The Morgan fingerprint density at radius 1 is 0.833 bits per heavy atom. The van der Waals surface area contributed by atoms with Crippen molar-refractivity contribution in [2.45, 2.75) is 0 Å². The number of carboxylic acid groups (broad SMARTS) is 1. The van der Waals surface area contributed by atoms with Gasteiger partial charge in [-0.2, -0.15) is 5.26 Å². The lowest BCUT2D eigenvalue weighted by Crippen LogP contribution is -2.07. The summed E-state index contributed by atoms with van der Waals surface area (Å²) in [5, 5.41) is 22.3. The largest absolute Gasteiger partial charge is 0.478 e. The van der Waals surface area contributed by atoms with Crippen LogP contribution in [-0.2, 0) is 0 Å². The molecule has 3 aromatic carbocycles. The fraction of sp³-hybridized carbons (Fsp3) is 0. The molecule has 0 saturated carbocycles. The molecule has 0 aliphatic carbocycles. The van der Waals surface area contributed by atoms with Crippen LogP contribution in [0.15, 0.2) is 91.0 Å². The zero-order valence-corrected chi connectivity index (χ0v) is 15.9. The molecule has 4 aromatic rings. The second-order valence-corrected chi connectivity index (χ2v) is 6.63. The Balaban J connectivity index is 1.78. The van der Waals surface area contributed by atoms with Crippen molar-refractivity contribution in [3.8, 4) is 28.5 Å². The van der Waals surface area contributed by atoms with Gasteiger partial charge >= 0.3 is 5.97 Å². The third-order valence-electron chi connectivity index (χ3n) is 4.69. The smallest absolute Gasteiger partial charge is 0.337 e. The first-order valence-corrected chi connectivity index (χ1v) is 9.32. The van der Waals surface area contributed by atoms with Gasteiger partial charge in [-0.1, -0.05) is 72.8 Å². The first-order chi connectivity index (χ1) is 14.7. The first kappa shape index (κ1) is 18.9. The molecule has 0 unspecified atom stereocenters. The number of carboxylic acids is 1. The van der Waals surface area contributed by atoms with E-state index in [1.54, 1.807) is 0 Å². The molecule has 0 aliphatic heterocycles. The molecule has 4 rings (SSSR count). The van der Waals surface area contributed by atoms with E-state index in [9.17, 15) is 15.2 Å². The number of aromatic carboxylic acids is 1. The molecule has 0 atom stereocenters. The van der Waals surface area contributed by atoms with Crippen molar-refractivity contribution in [2.75, 3.05) is 5.32 Å². The molecule has 0 aliphatic rings. The summed E-state index contributed by atoms with van der Waals surface area (Å²) in [5.41, 5.74) is 4.00. The van der Waals surface area contributed by atoms with Crippen LogP contribution in [-0.4, -0.2) is 16.1 Å². The van der Waals surface area contributed by atoms with Crippen molar-refractivity contribution in [3.63, 3.8) is 0 Å². The molecule has 1 heterocycles. The number of nitrogens with zero attached hydrogens (tertiary/aromatic N) is 2. The molecular formula is C25H17N3O2. The van der Waals surface area contributed by atoms with Crippen LogP contribution in [0, 0.1) is 11.3 Å². The highest BCUT2D eigenvalue weighted by molar-refractivity contribution is 5.94. The number of para-hydroxylation sites is 1. The second kappa shape index (κ2) is 8.29. The zero-order chi connectivity index (χ0) is 20.9. The van der Waals surface area contributed by atoms with Crippen LogP contribution in [0.1, 0.15) is 15.9 Å². The molecule has 5 nitrogen and oxygen atoms in total. The Kier molecular flexibility index (Phi) is 5.23. The van der Waals surface area contributed by atoms with Crippen molar-refractivity contribution in [1.82, 2.24) is 4.98 Å². The molecule has 2 N–H and O–H groups in total. The fourth-order valence-electron chi connectivity index (χ4n) is 3.19. The second-order valence-electron chi connectivity index (χ2n) is 6.63. The van der Waals surface area contributed by atoms with Gasteiger partial charge in [0.25, 0.3) is 0 Å². The van der Waals surface area contributed by atoms with E-state index in [-0.39, 0.29) is 16.9 Å². The molecule has 0 radical (unpaired) electrons. The first-order valence-electron chi connectivity index (χ1n) is 9.32. The maximum atomic E-state index is 11.8. The molecule has 5 heteroatoms. The van der Waals surface area contributed by atoms with Gasteiger partial charge in [-0.3, -0.25) is 0 Å². The van der Waals surface area contributed by atoms with E-state index in [1.807, 2.05) is 91.0 Å². The number of benzene rings is 3. The highest BCUT2D eigenvalue weighted by Crippen LogP contribution is 2.29. The van der Waals surface area contributed by atoms with Crippen LogP contribution in [0.5, 0.6) is 0 Å². The SMILES string of the molecule is N#Cc1c(C(=O)O)cc(-c2ccc(-c3ccccc3)cc2)nc1Nc1ccccc1. The number of rotatable bonds is 5. The van der Waals surface area contributed by atoms with E-state index in [0.29, 0.717) is 5.69 Å². The fourth-order valence-corrected chi connectivity index (χ4v) is 3.19. The molecule has 144 valence electrons. The van der Waals surface area contributed by atoms with Crippen molar-refractivity contribution in [3.05, 3.63) is 102 Å². The summed E-state index contributed by atoms with van der Waals surface area (Å²) < 4.78 is 0. The number of hydrogen-bond donors (Lipinski definition) is 2. The maximum Gasteiger partial charge on any atom is 0.337 e. The number of carbonyl (C=O) groups is 1. The minimum absolute atomic E-state index is 0.00370. The van der Waals surface area contributed by atoms with Gasteiger partial charge < -0.3 is 10.4 Å². The lowest BCUT2D eigenvalue weighted by atomic mass is 10.0. The quantitative estimate of drug-likeness (QED) is 0.454. The van der Waals surface area contributed by atoms with Crippen LogP contribution in [0.3, 0.4) is 0 Å². The molecule has 1 aromatic heterocycles. The van der Waals surface area contributed by atoms with Gasteiger partial charge in [-0.25, -0.2) is 9.78 Å². The summed E-state index contributed by atoms with van der Waals surface area (Å²) in [6.45, 7) is 0. The highest BCUT2D eigenvalue weighted by Gasteiger charge is 2.19. The standard InChI is InChI=1S/C25H17N3O2/c26-16-22-21(25(29)30)15-23(28-24(22)27-20-9-5-2-6-10-20)19-13-11-18(12-14-19)17-7-3-1-4-8-17/h1-15H,(H,27,28)(H,29,30). The lowest BCUT2D eigenvalue weighted by Gasteiger charge is -2.12. The van der Waals surface area contributed by atoms with Crippen LogP contribution < -0.4 is 5.32 Å². The third kappa shape index (κ3) is 3.89. The third-order valence-corrected chi connectivity index (χ3v) is 4.69. The Bertz CT molecular complexity index is 1230. The number of anilines is 2. The van der Waals surface area contributed by atoms with Crippen molar-refractivity contribution in [2.24, 2.45) is 0 Å². The van der Waals surface area contributed by atoms with E-state index in [4.69, 9.17) is 0 Å². The molecule has 0 spiro atoms. The van der Waals surface area contributed by atoms with E-state index >= 15 is 0 Å². The van der Waals surface area contributed by atoms with E-state index in [2.05, 4.69) is 10.3 Å². The highest BCUT2D eigenvalue weighted by atomic mass is 16.4. The predicted molar refractivity (Wildman–Crippen MR) is 117 cm³/mol. The number of pyridine rings is 1. The van der Waals surface area contributed by atoms with Gasteiger partial charge in [0.1, 0.15) is 17.5 Å². The summed E-state index contributed by atoms with van der Waals surface area (Å²) >= 11 is 0. The van der Waals surface area contributed by atoms with Crippen molar-refractivity contribution in [1.29, 1.82) is 5.26 Å². The number of nitriles is 1. The molecule has 0 amide bonds.